The van der Waals surface area contributed by atoms with Crippen LogP contribution in [0.2, 0.25) is 5.02 Å². The van der Waals surface area contributed by atoms with E-state index >= 15 is 0 Å². The van der Waals surface area contributed by atoms with Gasteiger partial charge in [-0.25, -0.2) is 4.98 Å². The Bertz CT molecular complexity index is 1230. The van der Waals surface area contributed by atoms with E-state index in [2.05, 4.69) is 9.97 Å². The van der Waals surface area contributed by atoms with Crippen LogP contribution in [0.5, 0.6) is 11.5 Å². The van der Waals surface area contributed by atoms with E-state index in [1.165, 1.54) is 7.11 Å². The van der Waals surface area contributed by atoms with Crippen molar-refractivity contribution in [3.63, 3.8) is 0 Å². The van der Waals surface area contributed by atoms with Gasteiger partial charge in [-0.15, -0.1) is 0 Å². The van der Waals surface area contributed by atoms with Gasteiger partial charge in [-0.3, -0.25) is 0 Å². The van der Waals surface area contributed by atoms with Crippen LogP contribution in [-0.4, -0.2) is 29.9 Å². The number of pyridine rings is 1. The number of nitrogens with one attached hydrogen (secondary N) is 1. The fourth-order valence-electron chi connectivity index (χ4n) is 3.52. The van der Waals surface area contributed by atoms with Gasteiger partial charge in [0.25, 0.3) is 0 Å². The van der Waals surface area contributed by atoms with Crippen molar-refractivity contribution >= 4 is 22.6 Å². The molecule has 0 aliphatic rings. The summed E-state index contributed by atoms with van der Waals surface area (Å²) in [5.74, 6) is 0.139. The molecular formula is C24H20ClF3N2O3. The molecule has 0 saturated heterocycles. The molecule has 2 aromatic carbocycles. The first-order valence-electron chi connectivity index (χ1n) is 10.00. The highest BCUT2D eigenvalue weighted by Crippen LogP contribution is 2.41. The minimum Gasteiger partial charge on any atom is -0.485 e. The van der Waals surface area contributed by atoms with Gasteiger partial charge in [0.2, 0.25) is 0 Å². The predicted octanol–water partition coefficient (Wildman–Crippen LogP) is 6.47. The third-order valence-electron chi connectivity index (χ3n) is 4.98. The Morgan fingerprint density at radius 3 is 2.52 bits per heavy atom. The molecule has 33 heavy (non-hydrogen) atoms. The van der Waals surface area contributed by atoms with E-state index in [0.717, 1.165) is 10.9 Å². The molecule has 0 radical (unpaired) electrons. The molecule has 0 amide bonds. The second-order valence-electron chi connectivity index (χ2n) is 7.25. The standard InChI is InChI=1S/C24H20ClF3N2O3/c1-31-21(19-12-30-23-17(19)5-3-11-29-23)18-4-2-6-20(22(18)33-14-24(26,27)28)32-13-15-7-9-16(25)10-8-15/h2-12,21H,13-14H2,1H3,(H,29,30). The van der Waals surface area contributed by atoms with E-state index in [4.69, 9.17) is 25.8 Å². The van der Waals surface area contributed by atoms with Crippen molar-refractivity contribution in [2.75, 3.05) is 13.7 Å². The predicted molar refractivity (Wildman–Crippen MR) is 119 cm³/mol. The third-order valence-corrected chi connectivity index (χ3v) is 5.23. The average molecular weight is 477 g/mol. The molecule has 0 aliphatic heterocycles. The lowest BCUT2D eigenvalue weighted by Gasteiger charge is -2.22. The lowest BCUT2D eigenvalue weighted by atomic mass is 10.00. The summed E-state index contributed by atoms with van der Waals surface area (Å²) in [7, 11) is 1.48. The molecule has 9 heteroatoms. The van der Waals surface area contributed by atoms with Crippen molar-refractivity contribution in [3.05, 3.63) is 88.7 Å². The van der Waals surface area contributed by atoms with Gasteiger partial charge in [0.05, 0.1) is 0 Å². The zero-order valence-corrected chi connectivity index (χ0v) is 18.3. The van der Waals surface area contributed by atoms with E-state index in [9.17, 15) is 13.2 Å². The number of H-pyrrole nitrogens is 1. The zero-order valence-electron chi connectivity index (χ0n) is 17.5. The fraction of sp³-hybridized carbons (Fsp3) is 0.208. The van der Waals surface area contributed by atoms with Gasteiger partial charge in [-0.1, -0.05) is 35.9 Å². The van der Waals surface area contributed by atoms with Crippen LogP contribution in [0.15, 0.2) is 67.0 Å². The molecule has 2 heterocycles. The largest absolute Gasteiger partial charge is 0.485 e. The van der Waals surface area contributed by atoms with Crippen LogP contribution in [0.3, 0.4) is 0 Å². The van der Waals surface area contributed by atoms with Crippen molar-refractivity contribution in [1.29, 1.82) is 0 Å². The van der Waals surface area contributed by atoms with Crippen LogP contribution in [0.4, 0.5) is 13.2 Å². The Morgan fingerprint density at radius 2 is 1.79 bits per heavy atom. The van der Waals surface area contributed by atoms with Crippen LogP contribution < -0.4 is 9.47 Å². The number of nitrogens with zero attached hydrogens (tertiary/aromatic N) is 1. The summed E-state index contributed by atoms with van der Waals surface area (Å²) in [4.78, 5) is 7.33. The maximum Gasteiger partial charge on any atom is 0.422 e. The Hall–Kier alpha value is -3.23. The number of rotatable bonds is 8. The number of aromatic nitrogens is 2. The Balaban J connectivity index is 1.72. The van der Waals surface area contributed by atoms with Crippen LogP contribution >= 0.6 is 11.6 Å². The monoisotopic (exact) mass is 476 g/mol. The van der Waals surface area contributed by atoms with E-state index in [0.29, 0.717) is 21.8 Å². The number of ether oxygens (including phenoxy) is 3. The first-order valence-corrected chi connectivity index (χ1v) is 10.4. The molecule has 1 atom stereocenters. The van der Waals surface area contributed by atoms with Crippen molar-refractivity contribution in [2.45, 2.75) is 18.9 Å². The summed E-state index contributed by atoms with van der Waals surface area (Å²) >= 11 is 5.91. The smallest absolute Gasteiger partial charge is 0.422 e. The second kappa shape index (κ2) is 9.72. The number of aromatic amines is 1. The molecule has 0 bridgehead atoms. The van der Waals surface area contributed by atoms with E-state index in [-0.39, 0.29) is 18.1 Å². The van der Waals surface area contributed by atoms with Crippen molar-refractivity contribution < 1.29 is 27.4 Å². The third kappa shape index (κ3) is 5.40. The Morgan fingerprint density at radius 1 is 1.00 bits per heavy atom. The number of benzene rings is 2. The first kappa shape index (κ1) is 22.9. The SMILES string of the molecule is COC(c1cccc(OCc2ccc(Cl)cc2)c1OCC(F)(F)F)c1c[nH]c2ncccc12. The summed E-state index contributed by atoms with van der Waals surface area (Å²) in [6.45, 7) is -1.34. The van der Waals surface area contributed by atoms with E-state index in [1.807, 2.05) is 6.07 Å². The number of fused-ring (bicyclic) bond motifs is 1. The molecule has 5 nitrogen and oxygen atoms in total. The number of methoxy groups -OCH3 is 1. The zero-order chi connectivity index (χ0) is 23.4. The molecular weight excluding hydrogens is 457 g/mol. The topological polar surface area (TPSA) is 56.4 Å². The van der Waals surface area contributed by atoms with Crippen LogP contribution in [0.1, 0.15) is 22.8 Å². The van der Waals surface area contributed by atoms with Crippen molar-refractivity contribution in [2.24, 2.45) is 0 Å². The average Bonchev–Trinajstić information content (AvgIpc) is 3.22. The highest BCUT2D eigenvalue weighted by Gasteiger charge is 2.31. The van der Waals surface area contributed by atoms with E-state index < -0.39 is 18.9 Å². The maximum atomic E-state index is 13.0. The van der Waals surface area contributed by atoms with Gasteiger partial charge in [0, 0.05) is 41.0 Å². The summed E-state index contributed by atoms with van der Waals surface area (Å²) in [5.41, 5.74) is 2.56. The summed E-state index contributed by atoms with van der Waals surface area (Å²) < 4.78 is 55.9. The van der Waals surface area contributed by atoms with Crippen LogP contribution in [-0.2, 0) is 11.3 Å². The van der Waals surface area contributed by atoms with Crippen molar-refractivity contribution in [1.82, 2.24) is 9.97 Å². The van der Waals surface area contributed by atoms with Gasteiger partial charge in [-0.2, -0.15) is 13.2 Å². The Kier molecular flexibility index (Phi) is 6.76. The quantitative estimate of drug-likeness (QED) is 0.316. The van der Waals surface area contributed by atoms with Gasteiger partial charge < -0.3 is 19.2 Å². The van der Waals surface area contributed by atoms with Gasteiger partial charge in [-0.05, 0) is 35.9 Å². The number of hydrogen-bond acceptors (Lipinski definition) is 4. The Labute approximate surface area is 193 Å². The van der Waals surface area contributed by atoms with Crippen molar-refractivity contribution in [3.8, 4) is 11.5 Å². The van der Waals surface area contributed by atoms with Crippen LogP contribution in [0.25, 0.3) is 11.0 Å². The lowest BCUT2D eigenvalue weighted by molar-refractivity contribution is -0.153. The molecule has 0 fully saturated rings. The molecule has 1 unspecified atom stereocenters. The lowest BCUT2D eigenvalue weighted by Crippen LogP contribution is -2.20. The number of hydrogen-bond donors (Lipinski definition) is 1. The van der Waals surface area contributed by atoms with Gasteiger partial charge >= 0.3 is 6.18 Å². The minimum absolute atomic E-state index is 0.0334. The van der Waals surface area contributed by atoms with Gasteiger partial charge in [0.15, 0.2) is 18.1 Å². The molecule has 172 valence electrons. The molecule has 1 N–H and O–H groups in total. The van der Waals surface area contributed by atoms with Gasteiger partial charge in [0.1, 0.15) is 18.4 Å². The maximum absolute atomic E-state index is 13.0. The first-order chi connectivity index (χ1) is 15.9. The molecule has 0 saturated carbocycles. The second-order valence-corrected chi connectivity index (χ2v) is 7.69. The summed E-state index contributed by atoms with van der Waals surface area (Å²) in [5, 5.41) is 1.37. The molecule has 4 aromatic rings. The molecule has 2 aromatic heterocycles. The fourth-order valence-corrected chi connectivity index (χ4v) is 3.64. The minimum atomic E-state index is -4.52. The number of halogens is 4. The number of alkyl halides is 3. The highest BCUT2D eigenvalue weighted by molar-refractivity contribution is 6.30. The summed E-state index contributed by atoms with van der Waals surface area (Å²) in [6, 6.07) is 15.5. The highest BCUT2D eigenvalue weighted by atomic mass is 35.5. The molecule has 4 rings (SSSR count). The summed E-state index contributed by atoms with van der Waals surface area (Å²) in [6.07, 6.45) is -1.87. The molecule has 0 aliphatic carbocycles. The van der Waals surface area contributed by atoms with Crippen LogP contribution in [0, 0.1) is 0 Å². The number of para-hydroxylation sites is 1. The normalized spacial score (nSPS) is 12.6. The van der Waals surface area contributed by atoms with E-state index in [1.54, 1.807) is 60.9 Å². The molecule has 0 spiro atoms.